The van der Waals surface area contributed by atoms with E-state index in [-0.39, 0.29) is 24.2 Å². The fourth-order valence-corrected chi connectivity index (χ4v) is 3.37. The molecule has 0 spiro atoms. The van der Waals surface area contributed by atoms with Crippen LogP contribution in [0.1, 0.15) is 51.7 Å². The molecule has 1 saturated heterocycles. The second-order valence-corrected chi connectivity index (χ2v) is 8.15. The maximum atomic E-state index is 6.25. The second-order valence-electron chi connectivity index (χ2n) is 8.15. The number of hydrogen-bond donors (Lipinski definition) is 0. The molecule has 26 heavy (non-hydrogen) atoms. The fourth-order valence-electron chi connectivity index (χ4n) is 3.37. The summed E-state index contributed by atoms with van der Waals surface area (Å²) < 4.78 is 12.5. The Kier molecular flexibility index (Phi) is 5.41. The maximum Gasteiger partial charge on any atom is 0.458 e. The summed E-state index contributed by atoms with van der Waals surface area (Å²) in [4.78, 5) is 0. The van der Waals surface area contributed by atoms with E-state index in [0.29, 0.717) is 0 Å². The van der Waals surface area contributed by atoms with E-state index in [1.165, 1.54) is 16.7 Å². The van der Waals surface area contributed by atoms with Gasteiger partial charge >= 0.3 is 7.12 Å². The summed E-state index contributed by atoms with van der Waals surface area (Å²) in [6, 6.07) is 21.1. The van der Waals surface area contributed by atoms with Crippen molar-refractivity contribution in [1.29, 1.82) is 0 Å². The first kappa shape index (κ1) is 18.9. The van der Waals surface area contributed by atoms with Crippen molar-refractivity contribution >= 4 is 12.7 Å². The average molecular weight is 348 g/mol. The van der Waals surface area contributed by atoms with Crippen LogP contribution in [0.15, 0.2) is 66.7 Å². The highest BCUT2D eigenvalue weighted by Crippen LogP contribution is 2.40. The van der Waals surface area contributed by atoms with E-state index in [0.717, 1.165) is 6.32 Å². The van der Waals surface area contributed by atoms with Gasteiger partial charge in [0.05, 0.1) is 11.2 Å². The molecule has 1 aliphatic rings. The van der Waals surface area contributed by atoms with Gasteiger partial charge in [-0.15, -0.1) is 0 Å². The molecule has 136 valence electrons. The van der Waals surface area contributed by atoms with Crippen LogP contribution >= 0.6 is 0 Å². The van der Waals surface area contributed by atoms with E-state index in [1.54, 1.807) is 0 Å². The Balaban J connectivity index is 1.86. The van der Waals surface area contributed by atoms with Gasteiger partial charge in [0.25, 0.3) is 0 Å². The first-order valence-electron chi connectivity index (χ1n) is 9.43. The van der Waals surface area contributed by atoms with Crippen LogP contribution in [-0.4, -0.2) is 18.3 Å². The minimum Gasteiger partial charge on any atom is -0.403 e. The molecule has 3 heteroatoms. The van der Waals surface area contributed by atoms with Gasteiger partial charge in [-0.1, -0.05) is 66.7 Å². The summed E-state index contributed by atoms with van der Waals surface area (Å²) in [5.41, 5.74) is 3.23. The van der Waals surface area contributed by atoms with Gasteiger partial charge in [0.15, 0.2) is 0 Å². The summed E-state index contributed by atoms with van der Waals surface area (Å²) in [5.74, 6) is 0.242. The molecule has 3 rings (SSSR count). The molecule has 1 atom stereocenters. The second kappa shape index (κ2) is 7.42. The normalized spacial score (nSPS) is 20.2. The first-order chi connectivity index (χ1) is 12.3. The summed E-state index contributed by atoms with van der Waals surface area (Å²) >= 11 is 0. The smallest absolute Gasteiger partial charge is 0.403 e. The zero-order chi connectivity index (χ0) is 18.8. The van der Waals surface area contributed by atoms with Crippen molar-refractivity contribution < 1.29 is 9.31 Å². The summed E-state index contributed by atoms with van der Waals surface area (Å²) in [6.07, 6.45) is 3.15. The highest BCUT2D eigenvalue weighted by molar-refractivity contribution is 6.45. The van der Waals surface area contributed by atoms with Gasteiger partial charge < -0.3 is 9.31 Å². The Bertz CT molecular complexity index is 734. The lowest BCUT2D eigenvalue weighted by atomic mass is 9.74. The van der Waals surface area contributed by atoms with Crippen LogP contribution in [0.3, 0.4) is 0 Å². The van der Waals surface area contributed by atoms with E-state index in [9.17, 15) is 0 Å². The van der Waals surface area contributed by atoms with E-state index in [2.05, 4.69) is 101 Å². The lowest BCUT2D eigenvalue weighted by molar-refractivity contribution is 0.00578. The molecule has 0 aliphatic carbocycles. The SMILES string of the molecule is C/C(=C\[C@H](CB1OC(C)(C)C(C)(C)O1)c1ccccc1)c1ccccc1. The van der Waals surface area contributed by atoms with Crippen LogP contribution < -0.4 is 0 Å². The standard InChI is InChI=1S/C23H29BO2/c1-18(19-12-8-6-9-13-19)16-21(20-14-10-7-11-15-20)17-24-25-22(2,3)23(4,5)26-24/h6-16,21H,17H2,1-5H3/b18-16+/t21-/m1/s1. The fraction of sp³-hybridized carbons (Fsp3) is 0.391. The summed E-state index contributed by atoms with van der Waals surface area (Å²) in [5, 5.41) is 0. The monoisotopic (exact) mass is 348 g/mol. The Hall–Kier alpha value is -1.84. The molecule has 2 aromatic carbocycles. The van der Waals surface area contributed by atoms with Crippen LogP contribution in [-0.2, 0) is 9.31 Å². The molecule has 2 nitrogen and oxygen atoms in total. The van der Waals surface area contributed by atoms with Gasteiger partial charge in [-0.3, -0.25) is 0 Å². The predicted octanol–water partition coefficient (Wildman–Crippen LogP) is 5.97. The molecule has 1 aliphatic heterocycles. The molecule has 0 radical (unpaired) electrons. The largest absolute Gasteiger partial charge is 0.458 e. The van der Waals surface area contributed by atoms with Crippen LogP contribution in [0.2, 0.25) is 6.32 Å². The summed E-state index contributed by atoms with van der Waals surface area (Å²) in [7, 11) is -0.204. The van der Waals surface area contributed by atoms with Gasteiger partial charge in [-0.25, -0.2) is 0 Å². The lowest BCUT2D eigenvalue weighted by Crippen LogP contribution is -2.41. The molecular weight excluding hydrogens is 319 g/mol. The topological polar surface area (TPSA) is 18.5 Å². The number of benzene rings is 2. The molecule has 0 amide bonds. The van der Waals surface area contributed by atoms with Crippen LogP contribution in [0.5, 0.6) is 0 Å². The lowest BCUT2D eigenvalue weighted by Gasteiger charge is -2.32. The van der Waals surface area contributed by atoms with E-state index in [4.69, 9.17) is 9.31 Å². The van der Waals surface area contributed by atoms with Gasteiger partial charge in [-0.2, -0.15) is 0 Å². The van der Waals surface area contributed by atoms with Crippen molar-refractivity contribution in [2.45, 2.75) is 58.1 Å². The van der Waals surface area contributed by atoms with Gasteiger partial charge in [0.1, 0.15) is 0 Å². The number of rotatable bonds is 5. The zero-order valence-corrected chi connectivity index (χ0v) is 16.5. The van der Waals surface area contributed by atoms with E-state index in [1.807, 2.05) is 0 Å². The molecule has 1 heterocycles. The molecule has 2 aromatic rings. The van der Waals surface area contributed by atoms with Crippen molar-refractivity contribution in [3.8, 4) is 0 Å². The zero-order valence-electron chi connectivity index (χ0n) is 16.5. The van der Waals surface area contributed by atoms with Crippen LogP contribution in [0.4, 0.5) is 0 Å². The van der Waals surface area contributed by atoms with Crippen molar-refractivity contribution in [1.82, 2.24) is 0 Å². The molecular formula is C23H29BO2. The molecule has 1 fully saturated rings. The molecule has 0 saturated carbocycles. The third-order valence-electron chi connectivity index (χ3n) is 5.66. The highest BCUT2D eigenvalue weighted by atomic mass is 16.7. The molecule has 0 unspecified atom stereocenters. The van der Waals surface area contributed by atoms with Gasteiger partial charge in [0.2, 0.25) is 0 Å². The van der Waals surface area contributed by atoms with Gasteiger partial charge in [-0.05, 0) is 57.6 Å². The Morgan fingerprint density at radius 3 is 1.92 bits per heavy atom. The third-order valence-corrected chi connectivity index (χ3v) is 5.66. The van der Waals surface area contributed by atoms with Crippen molar-refractivity contribution in [2.24, 2.45) is 0 Å². The summed E-state index contributed by atoms with van der Waals surface area (Å²) in [6.45, 7) is 10.6. The number of allylic oxidation sites excluding steroid dienone is 2. The predicted molar refractivity (Wildman–Crippen MR) is 110 cm³/mol. The molecule has 0 bridgehead atoms. The minimum absolute atomic E-state index is 0.204. The van der Waals surface area contributed by atoms with E-state index >= 15 is 0 Å². The van der Waals surface area contributed by atoms with E-state index < -0.39 is 0 Å². The average Bonchev–Trinajstić information content (AvgIpc) is 2.82. The third kappa shape index (κ3) is 4.11. The Labute approximate surface area is 158 Å². The maximum absolute atomic E-state index is 6.25. The van der Waals surface area contributed by atoms with Crippen molar-refractivity contribution in [2.75, 3.05) is 0 Å². The first-order valence-corrected chi connectivity index (χ1v) is 9.43. The van der Waals surface area contributed by atoms with Crippen LogP contribution in [0.25, 0.3) is 5.57 Å². The molecule has 0 aromatic heterocycles. The van der Waals surface area contributed by atoms with Crippen molar-refractivity contribution in [3.63, 3.8) is 0 Å². The van der Waals surface area contributed by atoms with Gasteiger partial charge in [0, 0.05) is 5.92 Å². The number of hydrogen-bond acceptors (Lipinski definition) is 2. The Morgan fingerprint density at radius 1 is 0.885 bits per heavy atom. The highest BCUT2D eigenvalue weighted by Gasteiger charge is 2.51. The quantitative estimate of drug-likeness (QED) is 0.620. The Morgan fingerprint density at radius 2 is 1.38 bits per heavy atom. The van der Waals surface area contributed by atoms with Crippen molar-refractivity contribution in [3.05, 3.63) is 77.9 Å². The minimum atomic E-state index is -0.295. The van der Waals surface area contributed by atoms with Crippen LogP contribution in [0, 0.1) is 0 Å². The molecule has 0 N–H and O–H groups in total.